The molecule has 8 nitrogen and oxygen atoms in total. The zero-order chi connectivity index (χ0) is 26.6. The van der Waals surface area contributed by atoms with Gasteiger partial charge in [-0.2, -0.15) is 0 Å². The third-order valence-electron chi connectivity index (χ3n) is 7.45. The minimum Gasteiger partial charge on any atom is -0.493 e. The van der Waals surface area contributed by atoms with Crippen LogP contribution in [0.1, 0.15) is 44.9 Å². The van der Waals surface area contributed by atoms with Gasteiger partial charge >= 0.3 is 6.03 Å². The van der Waals surface area contributed by atoms with Gasteiger partial charge in [-0.15, -0.1) is 0 Å². The number of methoxy groups -OCH3 is 1. The average molecular weight is 542 g/mol. The summed E-state index contributed by atoms with van der Waals surface area (Å²) in [4.78, 5) is 25.8. The normalized spacial score (nSPS) is 19.7. The van der Waals surface area contributed by atoms with Gasteiger partial charge in [-0.25, -0.2) is 19.2 Å². The Morgan fingerprint density at radius 1 is 1.11 bits per heavy atom. The number of halogens is 2. The van der Waals surface area contributed by atoms with Gasteiger partial charge in [0.05, 0.1) is 23.8 Å². The molecular formula is C28H33ClFN5O3. The summed E-state index contributed by atoms with van der Waals surface area (Å²) in [5, 5.41) is 3.88. The van der Waals surface area contributed by atoms with Crippen LogP contribution < -0.4 is 14.8 Å². The SMILES string of the molecule is COc1cc2nc(Nc3ccc(F)c(Cl)c3)ncc2cc1OC1CCC(N(C)C(=O)N2CCCCC2)CC1. The van der Waals surface area contributed by atoms with Crippen LogP contribution in [0.2, 0.25) is 5.02 Å². The topological polar surface area (TPSA) is 79.8 Å². The largest absolute Gasteiger partial charge is 0.493 e. The molecule has 2 amide bonds. The number of benzene rings is 2. The number of anilines is 2. The first-order chi connectivity index (χ1) is 18.4. The summed E-state index contributed by atoms with van der Waals surface area (Å²) in [5.74, 6) is 1.11. The monoisotopic (exact) mass is 541 g/mol. The van der Waals surface area contributed by atoms with Gasteiger partial charge in [0.25, 0.3) is 0 Å². The number of urea groups is 1. The maximum Gasteiger partial charge on any atom is 0.319 e. The van der Waals surface area contributed by atoms with Crippen molar-refractivity contribution >= 4 is 40.2 Å². The number of hydrogen-bond donors (Lipinski definition) is 1. The number of likely N-dealkylation sites (tertiary alicyclic amines) is 1. The number of amides is 2. The van der Waals surface area contributed by atoms with Gasteiger partial charge in [-0.1, -0.05) is 11.6 Å². The molecule has 3 aromatic rings. The molecule has 2 aromatic carbocycles. The Morgan fingerprint density at radius 2 is 1.87 bits per heavy atom. The van der Waals surface area contributed by atoms with E-state index in [1.807, 2.05) is 29.0 Å². The third kappa shape index (κ3) is 5.88. The Morgan fingerprint density at radius 3 is 2.58 bits per heavy atom. The number of ether oxygens (including phenoxy) is 2. The van der Waals surface area contributed by atoms with Gasteiger partial charge in [0.15, 0.2) is 11.5 Å². The quantitative estimate of drug-likeness (QED) is 0.389. The molecule has 2 aliphatic rings. The lowest BCUT2D eigenvalue weighted by Gasteiger charge is -2.38. The first-order valence-electron chi connectivity index (χ1n) is 13.2. The van der Waals surface area contributed by atoms with E-state index in [1.54, 1.807) is 19.4 Å². The van der Waals surface area contributed by atoms with E-state index in [4.69, 9.17) is 21.1 Å². The highest BCUT2D eigenvalue weighted by Gasteiger charge is 2.30. The zero-order valence-corrected chi connectivity index (χ0v) is 22.5. The maximum atomic E-state index is 13.5. The number of nitrogens with zero attached hydrogens (tertiary/aromatic N) is 4. The van der Waals surface area contributed by atoms with Gasteiger partial charge in [0.1, 0.15) is 5.82 Å². The molecule has 1 aliphatic heterocycles. The van der Waals surface area contributed by atoms with E-state index in [2.05, 4.69) is 15.3 Å². The van der Waals surface area contributed by atoms with Gasteiger partial charge in [0.2, 0.25) is 5.95 Å². The van der Waals surface area contributed by atoms with E-state index in [0.29, 0.717) is 28.7 Å². The van der Waals surface area contributed by atoms with E-state index in [1.165, 1.54) is 18.6 Å². The highest BCUT2D eigenvalue weighted by molar-refractivity contribution is 6.31. The maximum absolute atomic E-state index is 13.5. The zero-order valence-electron chi connectivity index (χ0n) is 21.8. The Hall–Kier alpha value is -3.33. The molecule has 0 radical (unpaired) electrons. The molecule has 0 unspecified atom stereocenters. The molecule has 0 spiro atoms. The minimum absolute atomic E-state index is 0.0218. The van der Waals surface area contributed by atoms with Crippen molar-refractivity contribution < 1.29 is 18.7 Å². The van der Waals surface area contributed by atoms with E-state index in [0.717, 1.165) is 57.0 Å². The van der Waals surface area contributed by atoms with Crippen LogP contribution in [-0.2, 0) is 0 Å². The molecule has 202 valence electrons. The van der Waals surface area contributed by atoms with Gasteiger partial charge in [0, 0.05) is 49.5 Å². The molecule has 5 rings (SSSR count). The van der Waals surface area contributed by atoms with E-state index >= 15 is 0 Å². The van der Waals surface area contributed by atoms with Crippen molar-refractivity contribution in [2.24, 2.45) is 0 Å². The van der Waals surface area contributed by atoms with Crippen LogP contribution >= 0.6 is 11.6 Å². The second-order valence-electron chi connectivity index (χ2n) is 10.00. The Labute approximate surface area is 227 Å². The van der Waals surface area contributed by atoms with Crippen molar-refractivity contribution in [3.8, 4) is 11.5 Å². The minimum atomic E-state index is -0.486. The fourth-order valence-corrected chi connectivity index (χ4v) is 5.43. The summed E-state index contributed by atoms with van der Waals surface area (Å²) in [6.07, 6.45) is 8.70. The van der Waals surface area contributed by atoms with Gasteiger partial charge in [-0.05, 0) is 69.2 Å². The molecule has 38 heavy (non-hydrogen) atoms. The first-order valence-corrected chi connectivity index (χ1v) is 13.5. The van der Waals surface area contributed by atoms with Crippen LogP contribution in [0.5, 0.6) is 11.5 Å². The highest BCUT2D eigenvalue weighted by Crippen LogP contribution is 2.35. The average Bonchev–Trinajstić information content (AvgIpc) is 2.95. The molecule has 2 heterocycles. The molecule has 0 atom stereocenters. The van der Waals surface area contributed by atoms with Gasteiger partial charge in [-0.3, -0.25) is 0 Å². The number of carbonyl (C=O) groups is 1. The highest BCUT2D eigenvalue weighted by atomic mass is 35.5. The van der Waals surface area contributed by atoms with Crippen molar-refractivity contribution in [1.82, 2.24) is 19.8 Å². The molecule has 1 N–H and O–H groups in total. The number of rotatable bonds is 6. The number of piperidine rings is 1. The van der Waals surface area contributed by atoms with Crippen LogP contribution in [0.15, 0.2) is 36.5 Å². The summed E-state index contributed by atoms with van der Waals surface area (Å²) in [6, 6.07) is 8.45. The fourth-order valence-electron chi connectivity index (χ4n) is 5.25. The van der Waals surface area contributed by atoms with E-state index in [-0.39, 0.29) is 23.2 Å². The number of nitrogens with one attached hydrogen (secondary N) is 1. The van der Waals surface area contributed by atoms with Gasteiger partial charge < -0.3 is 24.6 Å². The van der Waals surface area contributed by atoms with E-state index in [9.17, 15) is 9.18 Å². The van der Waals surface area contributed by atoms with Crippen molar-refractivity contribution in [2.45, 2.75) is 57.1 Å². The summed E-state index contributed by atoms with van der Waals surface area (Å²) in [6.45, 7) is 1.73. The third-order valence-corrected chi connectivity index (χ3v) is 7.74. The molecule has 0 bridgehead atoms. The van der Waals surface area contributed by atoms with Crippen LogP contribution in [0.4, 0.5) is 20.8 Å². The predicted octanol–water partition coefficient (Wildman–Crippen LogP) is 6.40. The number of aromatic nitrogens is 2. The second-order valence-corrected chi connectivity index (χ2v) is 10.4. The summed E-state index contributed by atoms with van der Waals surface area (Å²) < 4.78 is 25.5. The standard InChI is InChI=1S/C28H33ClFN5O3/c1-34(28(36)35-12-4-3-5-13-35)20-7-9-21(10-8-20)38-26-14-18-17-31-27(33-24(18)16-25(26)37-2)32-19-6-11-23(30)22(29)15-19/h6,11,14-17,20-21H,3-5,7-10,12-13H2,1-2H3,(H,31,32,33). The molecular weight excluding hydrogens is 509 g/mol. The van der Waals surface area contributed by atoms with Crippen LogP contribution in [-0.4, -0.2) is 65.2 Å². The number of fused-ring (bicyclic) bond motifs is 1. The van der Waals surface area contributed by atoms with Crippen LogP contribution in [0, 0.1) is 5.82 Å². The van der Waals surface area contributed by atoms with Crippen LogP contribution in [0.3, 0.4) is 0 Å². The summed E-state index contributed by atoms with van der Waals surface area (Å²) >= 11 is 5.88. The number of carbonyl (C=O) groups excluding carboxylic acids is 1. The second kappa shape index (κ2) is 11.6. The lowest BCUT2D eigenvalue weighted by Crippen LogP contribution is -2.49. The molecule has 2 fully saturated rings. The molecule has 10 heteroatoms. The molecule has 1 aliphatic carbocycles. The van der Waals surface area contributed by atoms with Crippen LogP contribution in [0.25, 0.3) is 10.9 Å². The fraction of sp³-hybridized carbons (Fsp3) is 0.464. The Kier molecular flexibility index (Phi) is 8.02. The lowest BCUT2D eigenvalue weighted by molar-refractivity contribution is 0.0910. The predicted molar refractivity (Wildman–Crippen MR) is 146 cm³/mol. The summed E-state index contributed by atoms with van der Waals surface area (Å²) in [5.41, 5.74) is 1.27. The van der Waals surface area contributed by atoms with Crippen molar-refractivity contribution in [1.29, 1.82) is 0 Å². The molecule has 1 saturated heterocycles. The number of hydrogen-bond acceptors (Lipinski definition) is 6. The summed E-state index contributed by atoms with van der Waals surface area (Å²) in [7, 11) is 3.54. The molecule has 1 saturated carbocycles. The van der Waals surface area contributed by atoms with Crippen molar-refractivity contribution in [3.05, 3.63) is 47.4 Å². The first kappa shape index (κ1) is 26.3. The smallest absolute Gasteiger partial charge is 0.319 e. The Balaban J connectivity index is 1.23. The lowest BCUT2D eigenvalue weighted by atomic mass is 9.92. The molecule has 1 aromatic heterocycles. The van der Waals surface area contributed by atoms with Crippen molar-refractivity contribution in [2.75, 3.05) is 32.6 Å². The van der Waals surface area contributed by atoms with E-state index < -0.39 is 5.82 Å². The Bertz CT molecular complexity index is 1290. The van der Waals surface area contributed by atoms with Crippen molar-refractivity contribution in [3.63, 3.8) is 0 Å².